The van der Waals surface area contributed by atoms with E-state index in [4.69, 9.17) is 0 Å². The molecule has 0 saturated heterocycles. The van der Waals surface area contributed by atoms with Crippen LogP contribution in [0.15, 0.2) is 42.5 Å². The van der Waals surface area contributed by atoms with Gasteiger partial charge in [0.05, 0.1) is 12.1 Å². The molecule has 0 unspecified atom stereocenters. The van der Waals surface area contributed by atoms with Crippen molar-refractivity contribution in [1.29, 1.82) is 0 Å². The Hall–Kier alpha value is -2.58. The van der Waals surface area contributed by atoms with E-state index in [2.05, 4.69) is 23.2 Å². The van der Waals surface area contributed by atoms with Gasteiger partial charge in [0.25, 0.3) is 0 Å². The summed E-state index contributed by atoms with van der Waals surface area (Å²) in [4.78, 5) is 18.9. The summed E-state index contributed by atoms with van der Waals surface area (Å²) in [7, 11) is 3.75. The molecule has 180 valence electrons. The first-order valence-electron chi connectivity index (χ1n) is 11.3. The maximum atomic E-state index is 13.5. The molecule has 1 aliphatic rings. The lowest BCUT2D eigenvalue weighted by Crippen LogP contribution is -2.40. The lowest BCUT2D eigenvalue weighted by Gasteiger charge is -2.30. The minimum Gasteiger partial charge on any atom is -0.376 e. The van der Waals surface area contributed by atoms with Crippen LogP contribution in [0.25, 0.3) is 0 Å². The predicted octanol–water partition coefficient (Wildman–Crippen LogP) is 4.09. The van der Waals surface area contributed by atoms with Gasteiger partial charge in [0, 0.05) is 38.4 Å². The Morgan fingerprint density at radius 3 is 2.55 bits per heavy atom. The third-order valence-corrected chi connectivity index (χ3v) is 6.08. The largest absolute Gasteiger partial charge is 0.416 e. The molecule has 5 nitrogen and oxygen atoms in total. The van der Waals surface area contributed by atoms with Gasteiger partial charge in [0.15, 0.2) is 0 Å². The van der Waals surface area contributed by atoms with E-state index in [1.165, 1.54) is 28.2 Å². The van der Waals surface area contributed by atoms with Crippen molar-refractivity contribution in [3.05, 3.63) is 64.7 Å². The number of nitrogens with one attached hydrogen (secondary N) is 1. The number of rotatable bonds is 9. The average Bonchev–Trinajstić information content (AvgIpc) is 2.79. The van der Waals surface area contributed by atoms with Gasteiger partial charge in [-0.2, -0.15) is 13.2 Å². The Labute approximate surface area is 194 Å². The first kappa shape index (κ1) is 25.1. The van der Waals surface area contributed by atoms with Crippen molar-refractivity contribution in [1.82, 2.24) is 14.7 Å². The van der Waals surface area contributed by atoms with Gasteiger partial charge < -0.3 is 15.1 Å². The number of amides is 1. The molecule has 8 heteroatoms. The SMILES string of the molecule is CCN1CCc2c(cccc2NCC(=O)N(CCN(C)C)Cc2ccccc2C(F)(F)F)C1. The zero-order chi connectivity index (χ0) is 24.0. The number of anilines is 1. The van der Waals surface area contributed by atoms with Crippen molar-refractivity contribution in [2.75, 3.05) is 52.1 Å². The van der Waals surface area contributed by atoms with E-state index in [-0.39, 0.29) is 24.6 Å². The third kappa shape index (κ3) is 6.71. The van der Waals surface area contributed by atoms with Gasteiger partial charge in [-0.15, -0.1) is 0 Å². The standard InChI is InChI=1S/C25H33F3N4O/c1-4-31-13-12-21-19(17-31)9-7-11-23(21)29-16-24(33)32(15-14-30(2)3)18-20-8-5-6-10-22(20)25(26,27)28/h5-11,29H,4,12-18H2,1-3H3. The summed E-state index contributed by atoms with van der Waals surface area (Å²) in [6, 6.07) is 11.5. The summed E-state index contributed by atoms with van der Waals surface area (Å²) in [6.07, 6.45) is -3.55. The molecule has 0 saturated carbocycles. The number of benzene rings is 2. The van der Waals surface area contributed by atoms with Gasteiger partial charge in [-0.3, -0.25) is 9.69 Å². The lowest BCUT2D eigenvalue weighted by atomic mass is 9.97. The second-order valence-electron chi connectivity index (χ2n) is 8.69. The second kappa shape index (κ2) is 11.0. The normalized spacial score (nSPS) is 14.3. The Bertz CT molecular complexity index is 945. The van der Waals surface area contributed by atoms with E-state index in [9.17, 15) is 18.0 Å². The summed E-state index contributed by atoms with van der Waals surface area (Å²) in [6.45, 7) is 5.86. The van der Waals surface area contributed by atoms with E-state index >= 15 is 0 Å². The molecule has 0 spiro atoms. The van der Waals surface area contributed by atoms with Crippen molar-refractivity contribution in [2.24, 2.45) is 0 Å². The van der Waals surface area contributed by atoms with Crippen LogP contribution in [-0.4, -0.2) is 67.4 Å². The molecule has 2 aromatic rings. The monoisotopic (exact) mass is 462 g/mol. The highest BCUT2D eigenvalue weighted by molar-refractivity contribution is 5.81. The van der Waals surface area contributed by atoms with Crippen LogP contribution in [0.1, 0.15) is 29.2 Å². The molecule has 0 aliphatic carbocycles. The number of carbonyl (C=O) groups is 1. The van der Waals surface area contributed by atoms with E-state index in [0.717, 1.165) is 37.8 Å². The molecule has 1 aliphatic heterocycles. The Balaban J connectivity index is 1.74. The molecule has 1 amide bonds. The Morgan fingerprint density at radius 2 is 1.85 bits per heavy atom. The predicted molar refractivity (Wildman–Crippen MR) is 125 cm³/mol. The molecular weight excluding hydrogens is 429 g/mol. The molecule has 3 rings (SSSR count). The highest BCUT2D eigenvalue weighted by Crippen LogP contribution is 2.32. The molecule has 33 heavy (non-hydrogen) atoms. The fourth-order valence-electron chi connectivity index (χ4n) is 4.14. The van der Waals surface area contributed by atoms with Gasteiger partial charge in [-0.25, -0.2) is 0 Å². The molecular formula is C25H33F3N4O. The third-order valence-electron chi connectivity index (χ3n) is 6.08. The van der Waals surface area contributed by atoms with Crippen molar-refractivity contribution in [3.8, 4) is 0 Å². The molecule has 2 aromatic carbocycles. The Morgan fingerprint density at radius 1 is 1.09 bits per heavy atom. The Kier molecular flexibility index (Phi) is 8.37. The fourth-order valence-corrected chi connectivity index (χ4v) is 4.14. The van der Waals surface area contributed by atoms with Crippen LogP contribution in [0.2, 0.25) is 0 Å². The number of nitrogens with zero attached hydrogens (tertiary/aromatic N) is 3. The maximum absolute atomic E-state index is 13.5. The molecule has 0 atom stereocenters. The van der Waals surface area contributed by atoms with Crippen molar-refractivity contribution in [3.63, 3.8) is 0 Å². The summed E-state index contributed by atoms with van der Waals surface area (Å²) in [5.41, 5.74) is 2.81. The number of hydrogen-bond acceptors (Lipinski definition) is 4. The quantitative estimate of drug-likeness (QED) is 0.610. The topological polar surface area (TPSA) is 38.8 Å². The van der Waals surface area contributed by atoms with Gasteiger partial charge in [0.2, 0.25) is 5.91 Å². The summed E-state index contributed by atoms with van der Waals surface area (Å²) in [5, 5.41) is 3.26. The van der Waals surface area contributed by atoms with Crippen molar-refractivity contribution >= 4 is 11.6 Å². The summed E-state index contributed by atoms with van der Waals surface area (Å²) < 4.78 is 40.4. The van der Waals surface area contributed by atoms with E-state index in [0.29, 0.717) is 13.1 Å². The number of hydrogen-bond donors (Lipinski definition) is 1. The maximum Gasteiger partial charge on any atom is 0.416 e. The second-order valence-corrected chi connectivity index (χ2v) is 8.69. The highest BCUT2D eigenvalue weighted by atomic mass is 19.4. The van der Waals surface area contributed by atoms with Gasteiger partial charge in [0.1, 0.15) is 0 Å². The number of fused-ring (bicyclic) bond motifs is 1. The van der Waals surface area contributed by atoms with Crippen molar-refractivity contribution in [2.45, 2.75) is 32.6 Å². The van der Waals surface area contributed by atoms with Crippen molar-refractivity contribution < 1.29 is 18.0 Å². The van der Waals surface area contributed by atoms with Crippen LogP contribution in [0.5, 0.6) is 0 Å². The minimum atomic E-state index is -4.46. The highest BCUT2D eigenvalue weighted by Gasteiger charge is 2.33. The molecule has 0 bridgehead atoms. The zero-order valence-electron chi connectivity index (χ0n) is 19.6. The van der Waals surface area contributed by atoms with Crippen LogP contribution in [0.4, 0.5) is 18.9 Å². The number of carbonyl (C=O) groups excluding carboxylic acids is 1. The van der Waals surface area contributed by atoms with Gasteiger partial charge in [-0.1, -0.05) is 37.3 Å². The van der Waals surface area contributed by atoms with Crippen LogP contribution in [0, 0.1) is 0 Å². The smallest absolute Gasteiger partial charge is 0.376 e. The molecule has 0 aromatic heterocycles. The van der Waals surface area contributed by atoms with Crippen LogP contribution >= 0.6 is 0 Å². The fraction of sp³-hybridized carbons (Fsp3) is 0.480. The molecule has 1 N–H and O–H groups in total. The lowest BCUT2D eigenvalue weighted by molar-refractivity contribution is -0.139. The minimum absolute atomic E-state index is 0.0373. The number of halogens is 3. The van der Waals surface area contributed by atoms with E-state index in [1.54, 1.807) is 6.07 Å². The zero-order valence-corrected chi connectivity index (χ0v) is 19.6. The summed E-state index contributed by atoms with van der Waals surface area (Å²) in [5.74, 6) is -0.225. The van der Waals surface area contributed by atoms with Crippen LogP contribution < -0.4 is 5.32 Å². The van der Waals surface area contributed by atoms with E-state index in [1.807, 2.05) is 31.1 Å². The molecule has 1 heterocycles. The van der Waals surface area contributed by atoms with Crippen LogP contribution in [-0.2, 0) is 30.5 Å². The first-order valence-corrected chi connectivity index (χ1v) is 11.3. The molecule has 0 radical (unpaired) electrons. The van der Waals surface area contributed by atoms with Gasteiger partial charge in [-0.05, 0) is 55.9 Å². The summed E-state index contributed by atoms with van der Waals surface area (Å²) >= 11 is 0. The first-order chi connectivity index (χ1) is 15.7. The van der Waals surface area contributed by atoms with E-state index < -0.39 is 11.7 Å². The number of alkyl halides is 3. The molecule has 0 fully saturated rings. The van der Waals surface area contributed by atoms with Gasteiger partial charge >= 0.3 is 6.18 Å². The van der Waals surface area contributed by atoms with Crippen LogP contribution in [0.3, 0.4) is 0 Å². The number of likely N-dealkylation sites (N-methyl/N-ethyl adjacent to an activating group) is 2. The average molecular weight is 463 g/mol.